The van der Waals surface area contributed by atoms with Crippen molar-refractivity contribution in [2.24, 2.45) is 5.92 Å². The van der Waals surface area contributed by atoms with Crippen LogP contribution in [0.15, 0.2) is 17.5 Å². The maximum Gasteiger partial charge on any atom is 0.213 e. The molecule has 0 aliphatic carbocycles. The van der Waals surface area contributed by atoms with E-state index in [-0.39, 0.29) is 11.7 Å². The third-order valence-electron chi connectivity index (χ3n) is 3.23. The van der Waals surface area contributed by atoms with Crippen molar-refractivity contribution in [2.75, 3.05) is 32.9 Å². The Hall–Kier alpha value is -0.430. The van der Waals surface area contributed by atoms with E-state index in [1.807, 2.05) is 11.4 Å². The van der Waals surface area contributed by atoms with E-state index in [9.17, 15) is 8.42 Å². The van der Waals surface area contributed by atoms with E-state index < -0.39 is 10.0 Å². The molecule has 2 heterocycles. The molecule has 1 saturated heterocycles. The van der Waals surface area contributed by atoms with Gasteiger partial charge in [0.2, 0.25) is 10.0 Å². The lowest BCUT2D eigenvalue weighted by Crippen LogP contribution is -2.31. The molecule has 1 aromatic heterocycles. The van der Waals surface area contributed by atoms with Gasteiger partial charge in [-0.25, -0.2) is 12.7 Å². The van der Waals surface area contributed by atoms with E-state index in [1.165, 1.54) is 9.18 Å². The standard InChI is InChI=1S/C11H18N2O2S2/c1-13(2)17(14,15)8-9-6-12-7-10(9)11-4-3-5-16-11/h3-5,9-10,12H,6-8H2,1-2H3. The van der Waals surface area contributed by atoms with Crippen molar-refractivity contribution in [3.63, 3.8) is 0 Å². The predicted octanol–water partition coefficient (Wildman–Crippen LogP) is 0.943. The van der Waals surface area contributed by atoms with E-state index in [0.717, 1.165) is 13.1 Å². The minimum Gasteiger partial charge on any atom is -0.316 e. The Morgan fingerprint density at radius 2 is 2.24 bits per heavy atom. The first-order chi connectivity index (χ1) is 8.00. The molecule has 0 saturated carbocycles. The monoisotopic (exact) mass is 274 g/mol. The predicted molar refractivity (Wildman–Crippen MR) is 70.9 cm³/mol. The Balaban J connectivity index is 2.11. The number of hydrogen-bond acceptors (Lipinski definition) is 4. The quantitative estimate of drug-likeness (QED) is 0.889. The highest BCUT2D eigenvalue weighted by molar-refractivity contribution is 7.89. The summed E-state index contributed by atoms with van der Waals surface area (Å²) in [6.45, 7) is 1.67. The molecular weight excluding hydrogens is 256 g/mol. The lowest BCUT2D eigenvalue weighted by atomic mass is 9.96. The second-order valence-corrected chi connectivity index (χ2v) is 7.81. The minimum atomic E-state index is -3.11. The van der Waals surface area contributed by atoms with Crippen molar-refractivity contribution < 1.29 is 8.42 Å². The van der Waals surface area contributed by atoms with Gasteiger partial charge in [0.25, 0.3) is 0 Å². The summed E-state index contributed by atoms with van der Waals surface area (Å²) in [6, 6.07) is 4.12. The smallest absolute Gasteiger partial charge is 0.213 e. The topological polar surface area (TPSA) is 49.4 Å². The molecule has 4 nitrogen and oxygen atoms in total. The first-order valence-electron chi connectivity index (χ1n) is 5.65. The minimum absolute atomic E-state index is 0.182. The van der Waals surface area contributed by atoms with Crippen LogP contribution in [0.25, 0.3) is 0 Å². The van der Waals surface area contributed by atoms with E-state index in [4.69, 9.17) is 0 Å². The molecule has 1 fully saturated rings. The highest BCUT2D eigenvalue weighted by Gasteiger charge is 2.33. The summed E-state index contributed by atoms with van der Waals surface area (Å²) in [4.78, 5) is 1.29. The summed E-state index contributed by atoms with van der Waals surface area (Å²) in [5.74, 6) is 0.751. The maximum atomic E-state index is 11.9. The second kappa shape index (κ2) is 5.06. The average molecular weight is 274 g/mol. The van der Waals surface area contributed by atoms with Crippen LogP contribution in [0, 0.1) is 5.92 Å². The van der Waals surface area contributed by atoms with Gasteiger partial charge in [0.15, 0.2) is 0 Å². The molecule has 1 aliphatic heterocycles. The number of nitrogens with zero attached hydrogens (tertiary/aromatic N) is 1. The number of hydrogen-bond donors (Lipinski definition) is 1. The summed E-state index contributed by atoms with van der Waals surface area (Å²) < 4.78 is 25.1. The number of sulfonamides is 1. The van der Waals surface area contributed by atoms with Crippen LogP contribution in [0.2, 0.25) is 0 Å². The van der Waals surface area contributed by atoms with Gasteiger partial charge in [-0.05, 0) is 23.9 Å². The maximum absolute atomic E-state index is 11.9. The fraction of sp³-hybridized carbons (Fsp3) is 0.636. The zero-order valence-corrected chi connectivity index (χ0v) is 11.7. The largest absolute Gasteiger partial charge is 0.316 e. The Kier molecular flexibility index (Phi) is 3.87. The van der Waals surface area contributed by atoms with Gasteiger partial charge in [-0.2, -0.15) is 0 Å². The van der Waals surface area contributed by atoms with Crippen molar-refractivity contribution in [1.82, 2.24) is 9.62 Å². The lowest BCUT2D eigenvalue weighted by molar-refractivity contribution is 0.493. The zero-order chi connectivity index (χ0) is 12.5. The molecule has 0 bridgehead atoms. The summed E-state index contributed by atoms with van der Waals surface area (Å²) in [5, 5.41) is 5.34. The number of thiophene rings is 1. The molecule has 1 aromatic rings. The Labute approximate surface area is 107 Å². The van der Waals surface area contributed by atoms with Crippen molar-refractivity contribution in [3.8, 4) is 0 Å². The molecule has 0 spiro atoms. The Bertz CT molecular complexity index is 454. The van der Waals surface area contributed by atoms with Gasteiger partial charge in [0, 0.05) is 31.4 Å². The number of rotatable bonds is 4. The third-order valence-corrected chi connectivity index (χ3v) is 6.20. The first kappa shape index (κ1) is 13.0. The zero-order valence-electron chi connectivity index (χ0n) is 10.1. The molecule has 0 amide bonds. The molecular formula is C11H18N2O2S2. The molecule has 17 heavy (non-hydrogen) atoms. The second-order valence-electron chi connectivity index (χ2n) is 4.60. The van der Waals surface area contributed by atoms with Crippen molar-refractivity contribution in [3.05, 3.63) is 22.4 Å². The molecule has 2 rings (SSSR count). The molecule has 2 unspecified atom stereocenters. The summed E-state index contributed by atoms with van der Waals surface area (Å²) in [6.07, 6.45) is 0. The molecule has 96 valence electrons. The molecule has 0 radical (unpaired) electrons. The van der Waals surface area contributed by atoms with Gasteiger partial charge in [0.1, 0.15) is 0 Å². The summed E-state index contributed by atoms with van der Waals surface area (Å²) >= 11 is 1.71. The molecule has 0 aromatic carbocycles. The highest BCUT2D eigenvalue weighted by atomic mass is 32.2. The van der Waals surface area contributed by atoms with Crippen LogP contribution in [-0.2, 0) is 10.0 Å². The molecule has 1 aliphatic rings. The van der Waals surface area contributed by atoms with Crippen LogP contribution in [0.3, 0.4) is 0 Å². The van der Waals surface area contributed by atoms with Gasteiger partial charge in [-0.1, -0.05) is 6.07 Å². The van der Waals surface area contributed by atoms with E-state index in [2.05, 4.69) is 11.4 Å². The van der Waals surface area contributed by atoms with Gasteiger partial charge in [0.05, 0.1) is 5.75 Å². The molecule has 2 atom stereocenters. The van der Waals surface area contributed by atoms with E-state index in [0.29, 0.717) is 5.92 Å². The van der Waals surface area contributed by atoms with Gasteiger partial charge in [-0.3, -0.25) is 0 Å². The molecule has 6 heteroatoms. The Morgan fingerprint density at radius 3 is 2.82 bits per heavy atom. The highest BCUT2D eigenvalue weighted by Crippen LogP contribution is 2.32. The fourth-order valence-electron chi connectivity index (χ4n) is 2.16. The van der Waals surface area contributed by atoms with Gasteiger partial charge >= 0.3 is 0 Å². The van der Waals surface area contributed by atoms with Crippen LogP contribution in [0.4, 0.5) is 0 Å². The van der Waals surface area contributed by atoms with Crippen LogP contribution in [0.5, 0.6) is 0 Å². The third kappa shape index (κ3) is 2.88. The van der Waals surface area contributed by atoms with Crippen LogP contribution in [-0.4, -0.2) is 45.7 Å². The van der Waals surface area contributed by atoms with Crippen LogP contribution in [0.1, 0.15) is 10.8 Å². The Morgan fingerprint density at radius 1 is 1.47 bits per heavy atom. The van der Waals surface area contributed by atoms with Gasteiger partial charge < -0.3 is 5.32 Å². The van der Waals surface area contributed by atoms with Gasteiger partial charge in [-0.15, -0.1) is 11.3 Å². The fourth-order valence-corrected chi connectivity index (χ4v) is 4.27. The van der Waals surface area contributed by atoms with E-state index in [1.54, 1.807) is 25.4 Å². The number of nitrogens with one attached hydrogen (secondary N) is 1. The normalized spacial score (nSPS) is 25.6. The van der Waals surface area contributed by atoms with Crippen LogP contribution < -0.4 is 5.32 Å². The van der Waals surface area contributed by atoms with Crippen molar-refractivity contribution in [2.45, 2.75) is 5.92 Å². The lowest BCUT2D eigenvalue weighted by Gasteiger charge is -2.19. The van der Waals surface area contributed by atoms with Crippen molar-refractivity contribution in [1.29, 1.82) is 0 Å². The average Bonchev–Trinajstić information content (AvgIpc) is 2.85. The van der Waals surface area contributed by atoms with E-state index >= 15 is 0 Å². The van der Waals surface area contributed by atoms with Crippen LogP contribution >= 0.6 is 11.3 Å². The molecule has 1 N–H and O–H groups in total. The summed E-state index contributed by atoms with van der Waals surface area (Å²) in [5.41, 5.74) is 0. The SMILES string of the molecule is CN(C)S(=O)(=O)CC1CNCC1c1cccs1. The van der Waals surface area contributed by atoms with Crippen molar-refractivity contribution >= 4 is 21.4 Å². The summed E-state index contributed by atoms with van der Waals surface area (Å²) in [7, 11) is 0.0826. The first-order valence-corrected chi connectivity index (χ1v) is 8.14.